The fourth-order valence-electron chi connectivity index (χ4n) is 4.35. The van der Waals surface area contributed by atoms with Crippen LogP contribution >= 0.6 is 0 Å². The number of benzene rings is 3. The van der Waals surface area contributed by atoms with Crippen LogP contribution in [0.2, 0.25) is 0 Å². The quantitative estimate of drug-likeness (QED) is 0.157. The van der Waals surface area contributed by atoms with Crippen LogP contribution in [-0.2, 0) is 11.2 Å². The van der Waals surface area contributed by atoms with E-state index >= 15 is 0 Å². The van der Waals surface area contributed by atoms with Crippen LogP contribution < -0.4 is 10.1 Å². The fourth-order valence-corrected chi connectivity index (χ4v) is 4.35. The van der Waals surface area contributed by atoms with Crippen LogP contribution in [0.3, 0.4) is 0 Å². The summed E-state index contributed by atoms with van der Waals surface area (Å²) in [6.45, 7) is 2.94. The number of unbranched alkanes of at least 4 members (excludes halogenated alkanes) is 4. The fraction of sp³-hybridized carbons (Fsp3) is 0.273. The SMILES string of the molecule is CCCCCCCOc1ccc(-c2cnc(-c3ccc(CC(NC(=O)c4ccc(O)cc4)C(=O)O)cc3)nc2)cc1. The zero-order valence-corrected chi connectivity index (χ0v) is 23.1. The molecule has 0 aliphatic heterocycles. The summed E-state index contributed by atoms with van der Waals surface area (Å²) in [5, 5.41) is 21.6. The Kier molecular flexibility index (Phi) is 10.4. The van der Waals surface area contributed by atoms with Gasteiger partial charge in [0.15, 0.2) is 5.82 Å². The van der Waals surface area contributed by atoms with E-state index in [2.05, 4.69) is 22.2 Å². The lowest BCUT2D eigenvalue weighted by atomic mass is 10.0. The van der Waals surface area contributed by atoms with Gasteiger partial charge in [-0.3, -0.25) is 4.79 Å². The van der Waals surface area contributed by atoms with Gasteiger partial charge in [-0.25, -0.2) is 14.8 Å². The largest absolute Gasteiger partial charge is 0.508 e. The molecule has 0 radical (unpaired) electrons. The Morgan fingerprint density at radius 3 is 2.07 bits per heavy atom. The maximum atomic E-state index is 12.5. The predicted octanol–water partition coefficient (Wildman–Crippen LogP) is 6.29. The Labute approximate surface area is 240 Å². The summed E-state index contributed by atoms with van der Waals surface area (Å²) in [6.07, 6.45) is 9.69. The molecule has 3 aromatic carbocycles. The standard InChI is InChI=1S/C33H35N3O5/c1-2-3-4-5-6-19-41-29-17-13-24(14-18-29)27-21-34-31(35-22-27)25-9-7-23(8-10-25)20-30(33(39)40)36-32(38)26-11-15-28(37)16-12-26/h7-18,21-22,30,37H,2-6,19-20H2,1H3,(H,36,38)(H,39,40). The molecular weight excluding hydrogens is 518 g/mol. The molecule has 1 heterocycles. The molecule has 4 rings (SSSR count). The van der Waals surface area contributed by atoms with Crippen molar-refractivity contribution in [2.75, 3.05) is 6.61 Å². The molecule has 4 aromatic rings. The normalized spacial score (nSPS) is 11.5. The van der Waals surface area contributed by atoms with E-state index in [-0.39, 0.29) is 17.7 Å². The first-order chi connectivity index (χ1) is 19.9. The van der Waals surface area contributed by atoms with Gasteiger partial charge in [0.25, 0.3) is 5.91 Å². The lowest BCUT2D eigenvalue weighted by molar-refractivity contribution is -0.139. The number of nitrogens with zero attached hydrogens (tertiary/aromatic N) is 2. The van der Waals surface area contributed by atoms with E-state index in [1.165, 1.54) is 49.9 Å². The van der Waals surface area contributed by atoms with Crippen LogP contribution in [-0.4, -0.2) is 44.7 Å². The molecule has 1 aromatic heterocycles. The Morgan fingerprint density at radius 1 is 0.805 bits per heavy atom. The van der Waals surface area contributed by atoms with E-state index in [0.29, 0.717) is 5.82 Å². The van der Waals surface area contributed by atoms with Gasteiger partial charge < -0.3 is 20.3 Å². The van der Waals surface area contributed by atoms with Crippen molar-refractivity contribution >= 4 is 11.9 Å². The van der Waals surface area contributed by atoms with Gasteiger partial charge >= 0.3 is 5.97 Å². The molecule has 8 heteroatoms. The number of phenols is 1. The number of carbonyl (C=O) groups excluding carboxylic acids is 1. The minimum Gasteiger partial charge on any atom is -0.508 e. The number of aliphatic carboxylic acids is 1. The smallest absolute Gasteiger partial charge is 0.326 e. The first kappa shape index (κ1) is 29.3. The Morgan fingerprint density at radius 2 is 1.44 bits per heavy atom. The van der Waals surface area contributed by atoms with Gasteiger partial charge in [0, 0.05) is 35.5 Å². The van der Waals surface area contributed by atoms with E-state index in [1.807, 2.05) is 36.4 Å². The molecule has 1 atom stereocenters. The van der Waals surface area contributed by atoms with Gasteiger partial charge in [-0.1, -0.05) is 69.0 Å². The molecule has 0 spiro atoms. The average Bonchev–Trinajstić information content (AvgIpc) is 2.99. The third-order valence-electron chi connectivity index (χ3n) is 6.74. The number of nitrogens with one attached hydrogen (secondary N) is 1. The Balaban J connectivity index is 1.32. The van der Waals surface area contributed by atoms with Crippen LogP contribution in [0.25, 0.3) is 22.5 Å². The number of carboxylic acid groups (broad SMARTS) is 1. The van der Waals surface area contributed by atoms with Crippen LogP contribution in [0.4, 0.5) is 0 Å². The van der Waals surface area contributed by atoms with Crippen molar-refractivity contribution in [3.05, 3.63) is 96.3 Å². The predicted molar refractivity (Wildman–Crippen MR) is 158 cm³/mol. The first-order valence-corrected chi connectivity index (χ1v) is 13.9. The summed E-state index contributed by atoms with van der Waals surface area (Å²) in [5.41, 5.74) is 3.69. The molecule has 1 unspecified atom stereocenters. The van der Waals surface area contributed by atoms with Crippen LogP contribution in [0.1, 0.15) is 54.9 Å². The van der Waals surface area contributed by atoms with E-state index in [0.717, 1.165) is 41.0 Å². The molecule has 0 aliphatic carbocycles. The van der Waals surface area contributed by atoms with E-state index < -0.39 is 17.9 Å². The highest BCUT2D eigenvalue weighted by molar-refractivity contribution is 5.96. The average molecular weight is 554 g/mol. The monoisotopic (exact) mass is 553 g/mol. The maximum Gasteiger partial charge on any atom is 0.326 e. The van der Waals surface area contributed by atoms with E-state index in [4.69, 9.17) is 4.74 Å². The number of amides is 1. The lowest BCUT2D eigenvalue weighted by Crippen LogP contribution is -2.42. The highest BCUT2D eigenvalue weighted by Gasteiger charge is 2.21. The number of hydrogen-bond acceptors (Lipinski definition) is 6. The summed E-state index contributed by atoms with van der Waals surface area (Å²) in [7, 11) is 0. The van der Waals surface area contributed by atoms with Crippen molar-refractivity contribution in [1.82, 2.24) is 15.3 Å². The highest BCUT2D eigenvalue weighted by Crippen LogP contribution is 2.24. The van der Waals surface area contributed by atoms with E-state index in [1.54, 1.807) is 24.5 Å². The Bertz CT molecular complexity index is 1400. The molecule has 3 N–H and O–H groups in total. The molecule has 0 aliphatic rings. The molecule has 8 nitrogen and oxygen atoms in total. The molecule has 0 bridgehead atoms. The third-order valence-corrected chi connectivity index (χ3v) is 6.74. The molecule has 41 heavy (non-hydrogen) atoms. The van der Waals surface area contributed by atoms with Gasteiger partial charge in [0.1, 0.15) is 17.5 Å². The second-order valence-electron chi connectivity index (χ2n) is 9.89. The number of carboxylic acids is 1. The van der Waals surface area contributed by atoms with Crippen LogP contribution in [0, 0.1) is 0 Å². The summed E-state index contributed by atoms with van der Waals surface area (Å²) < 4.78 is 5.85. The number of carbonyl (C=O) groups is 2. The maximum absolute atomic E-state index is 12.5. The van der Waals surface area contributed by atoms with Crippen molar-refractivity contribution < 1.29 is 24.5 Å². The van der Waals surface area contributed by atoms with Crippen LogP contribution in [0.5, 0.6) is 11.5 Å². The third kappa shape index (κ3) is 8.63. The van der Waals surface area contributed by atoms with Crippen molar-refractivity contribution in [2.24, 2.45) is 0 Å². The zero-order valence-electron chi connectivity index (χ0n) is 23.1. The highest BCUT2D eigenvalue weighted by atomic mass is 16.5. The van der Waals surface area contributed by atoms with Crippen molar-refractivity contribution in [1.29, 1.82) is 0 Å². The van der Waals surface area contributed by atoms with Gasteiger partial charge in [-0.2, -0.15) is 0 Å². The summed E-state index contributed by atoms with van der Waals surface area (Å²) in [6, 6.07) is 19.7. The number of rotatable bonds is 14. The second-order valence-corrected chi connectivity index (χ2v) is 9.89. The van der Waals surface area contributed by atoms with Crippen molar-refractivity contribution in [2.45, 2.75) is 51.5 Å². The molecule has 0 saturated heterocycles. The summed E-state index contributed by atoms with van der Waals surface area (Å²) in [5.74, 6) is -0.229. The lowest BCUT2D eigenvalue weighted by Gasteiger charge is -2.15. The van der Waals surface area contributed by atoms with E-state index in [9.17, 15) is 19.8 Å². The van der Waals surface area contributed by atoms with Gasteiger partial charge in [-0.15, -0.1) is 0 Å². The number of phenolic OH excluding ortho intramolecular Hbond substituents is 1. The minimum atomic E-state index is -1.14. The van der Waals surface area contributed by atoms with Gasteiger partial charge in [-0.05, 0) is 53.9 Å². The molecule has 0 saturated carbocycles. The topological polar surface area (TPSA) is 122 Å². The number of aromatic nitrogens is 2. The molecule has 212 valence electrons. The molecular formula is C33H35N3O5. The number of hydrogen-bond donors (Lipinski definition) is 3. The summed E-state index contributed by atoms with van der Waals surface area (Å²) >= 11 is 0. The number of aromatic hydroxyl groups is 1. The van der Waals surface area contributed by atoms with Gasteiger partial charge in [0.2, 0.25) is 0 Å². The first-order valence-electron chi connectivity index (χ1n) is 13.9. The van der Waals surface area contributed by atoms with Crippen molar-refractivity contribution in [3.8, 4) is 34.0 Å². The minimum absolute atomic E-state index is 0.0258. The summed E-state index contributed by atoms with van der Waals surface area (Å²) in [4.78, 5) is 33.3. The van der Waals surface area contributed by atoms with Crippen molar-refractivity contribution in [3.63, 3.8) is 0 Å². The molecule has 1 amide bonds. The number of ether oxygens (including phenoxy) is 1. The second kappa shape index (κ2) is 14.6. The molecule has 0 fully saturated rings. The van der Waals surface area contributed by atoms with Crippen LogP contribution in [0.15, 0.2) is 85.2 Å². The zero-order chi connectivity index (χ0) is 29.0. The Hall–Kier alpha value is -4.72. The van der Waals surface area contributed by atoms with Gasteiger partial charge in [0.05, 0.1) is 6.61 Å².